The molecule has 0 aliphatic heterocycles. The minimum absolute atomic E-state index is 0.00474. The maximum absolute atomic E-state index is 13.2. The average Bonchev–Trinajstić information content (AvgIpc) is 3.04. The second kappa shape index (κ2) is 4.97. The van der Waals surface area contributed by atoms with Gasteiger partial charge in [0.15, 0.2) is 0 Å². The first kappa shape index (κ1) is 12.9. The molecule has 0 atom stereocenters. The molecule has 1 aromatic rings. The number of carbonyl (C=O) groups excluding carboxylic acids is 1. The van der Waals surface area contributed by atoms with Crippen LogP contribution in [0.25, 0.3) is 0 Å². The second-order valence-electron chi connectivity index (χ2n) is 4.58. The van der Waals surface area contributed by atoms with Gasteiger partial charge in [-0.1, -0.05) is 0 Å². The Morgan fingerprint density at radius 1 is 1.50 bits per heavy atom. The van der Waals surface area contributed by atoms with Crippen molar-refractivity contribution in [3.63, 3.8) is 0 Å². The summed E-state index contributed by atoms with van der Waals surface area (Å²) in [5.41, 5.74) is -0.675. The fraction of sp³-hybridized carbons (Fsp3) is 0.500. The highest BCUT2D eigenvalue weighted by Crippen LogP contribution is 2.39. The number of pyridine rings is 1. The van der Waals surface area contributed by atoms with Crippen molar-refractivity contribution in [1.29, 1.82) is 0 Å². The topological polar surface area (TPSA) is 62.2 Å². The van der Waals surface area contributed by atoms with E-state index in [9.17, 15) is 18.7 Å². The normalized spacial score (nSPS) is 16.4. The van der Waals surface area contributed by atoms with Crippen LogP contribution in [0, 0.1) is 11.6 Å². The van der Waals surface area contributed by atoms with Gasteiger partial charge in [0.1, 0.15) is 11.6 Å². The summed E-state index contributed by atoms with van der Waals surface area (Å²) in [7, 11) is 0. The molecule has 0 saturated heterocycles. The molecule has 2 rings (SSSR count). The van der Waals surface area contributed by atoms with E-state index >= 15 is 0 Å². The standard InChI is InChI=1S/C12H14F2N2O2/c13-8-5-9(14)10(15-6-8)7-16-11(17)1-2-12(18)3-4-12/h5-6,18H,1-4,7H2,(H,16,17). The van der Waals surface area contributed by atoms with Crippen LogP contribution in [0.3, 0.4) is 0 Å². The number of nitrogens with one attached hydrogen (secondary N) is 1. The SMILES string of the molecule is O=C(CCC1(O)CC1)NCc1ncc(F)cc1F. The summed E-state index contributed by atoms with van der Waals surface area (Å²) < 4.78 is 25.8. The highest BCUT2D eigenvalue weighted by molar-refractivity contribution is 5.75. The van der Waals surface area contributed by atoms with Gasteiger partial charge in [-0.2, -0.15) is 0 Å². The first-order chi connectivity index (χ1) is 8.48. The summed E-state index contributed by atoms with van der Waals surface area (Å²) in [4.78, 5) is 15.0. The molecule has 18 heavy (non-hydrogen) atoms. The Kier molecular flexibility index (Phi) is 3.56. The van der Waals surface area contributed by atoms with Crippen LogP contribution in [-0.2, 0) is 11.3 Å². The van der Waals surface area contributed by atoms with E-state index in [2.05, 4.69) is 10.3 Å². The first-order valence-corrected chi connectivity index (χ1v) is 5.77. The number of halogens is 2. The number of nitrogens with zero attached hydrogens (tertiary/aromatic N) is 1. The Hall–Kier alpha value is -1.56. The zero-order valence-corrected chi connectivity index (χ0v) is 9.75. The van der Waals surface area contributed by atoms with Crippen LogP contribution in [0.4, 0.5) is 8.78 Å². The van der Waals surface area contributed by atoms with Crippen molar-refractivity contribution in [3.8, 4) is 0 Å². The molecule has 4 nitrogen and oxygen atoms in total. The maximum Gasteiger partial charge on any atom is 0.220 e. The molecule has 1 fully saturated rings. The fourth-order valence-electron chi connectivity index (χ4n) is 1.58. The number of rotatable bonds is 5. The largest absolute Gasteiger partial charge is 0.390 e. The van der Waals surface area contributed by atoms with Gasteiger partial charge in [0.25, 0.3) is 0 Å². The van der Waals surface area contributed by atoms with Gasteiger partial charge in [-0.25, -0.2) is 8.78 Å². The van der Waals surface area contributed by atoms with Gasteiger partial charge in [-0.05, 0) is 19.3 Å². The van der Waals surface area contributed by atoms with E-state index in [4.69, 9.17) is 0 Å². The van der Waals surface area contributed by atoms with Crippen molar-refractivity contribution < 1.29 is 18.7 Å². The van der Waals surface area contributed by atoms with Crippen LogP contribution < -0.4 is 5.32 Å². The van der Waals surface area contributed by atoms with E-state index in [0.717, 1.165) is 25.1 Å². The molecule has 0 aromatic carbocycles. The van der Waals surface area contributed by atoms with Crippen LogP contribution in [0.2, 0.25) is 0 Å². The minimum atomic E-state index is -0.781. The minimum Gasteiger partial charge on any atom is -0.390 e. The zero-order chi connectivity index (χ0) is 13.2. The Morgan fingerprint density at radius 3 is 2.83 bits per heavy atom. The van der Waals surface area contributed by atoms with Crippen molar-refractivity contribution >= 4 is 5.91 Å². The van der Waals surface area contributed by atoms with Crippen molar-refractivity contribution in [2.24, 2.45) is 0 Å². The summed E-state index contributed by atoms with van der Waals surface area (Å²) in [5, 5.41) is 12.0. The maximum atomic E-state index is 13.2. The van der Waals surface area contributed by atoms with Crippen molar-refractivity contribution in [1.82, 2.24) is 10.3 Å². The van der Waals surface area contributed by atoms with E-state index in [1.807, 2.05) is 0 Å². The van der Waals surface area contributed by atoms with Crippen LogP contribution in [0.5, 0.6) is 0 Å². The van der Waals surface area contributed by atoms with E-state index in [1.54, 1.807) is 0 Å². The van der Waals surface area contributed by atoms with Gasteiger partial charge in [0.2, 0.25) is 5.91 Å². The highest BCUT2D eigenvalue weighted by Gasteiger charge is 2.39. The highest BCUT2D eigenvalue weighted by atomic mass is 19.1. The van der Waals surface area contributed by atoms with Gasteiger partial charge in [0, 0.05) is 12.5 Å². The van der Waals surface area contributed by atoms with E-state index in [0.29, 0.717) is 6.42 Å². The van der Waals surface area contributed by atoms with Gasteiger partial charge in [0.05, 0.1) is 24.0 Å². The molecule has 1 heterocycles. The molecular weight excluding hydrogens is 242 g/mol. The lowest BCUT2D eigenvalue weighted by atomic mass is 10.1. The molecule has 1 aliphatic carbocycles. The monoisotopic (exact) mass is 256 g/mol. The van der Waals surface area contributed by atoms with Crippen molar-refractivity contribution in [2.45, 2.75) is 37.8 Å². The molecule has 1 aromatic heterocycles. The molecule has 0 radical (unpaired) electrons. The number of amides is 1. The number of hydrogen-bond donors (Lipinski definition) is 2. The molecule has 0 unspecified atom stereocenters. The van der Waals surface area contributed by atoms with Crippen LogP contribution in [0.15, 0.2) is 12.3 Å². The fourth-order valence-corrected chi connectivity index (χ4v) is 1.58. The lowest BCUT2D eigenvalue weighted by Gasteiger charge is -2.08. The van der Waals surface area contributed by atoms with Gasteiger partial charge in [-0.3, -0.25) is 9.78 Å². The zero-order valence-electron chi connectivity index (χ0n) is 9.75. The Bertz CT molecular complexity index is 461. The summed E-state index contributed by atoms with van der Waals surface area (Å²) >= 11 is 0. The summed E-state index contributed by atoms with van der Waals surface area (Å²) in [6, 6.07) is 0.724. The molecular formula is C12H14F2N2O2. The molecule has 0 bridgehead atoms. The Balaban J connectivity index is 1.78. The summed E-state index contributed by atoms with van der Waals surface area (Å²) in [6.07, 6.45) is 2.97. The number of aliphatic hydroxyl groups is 1. The lowest BCUT2D eigenvalue weighted by molar-refractivity contribution is -0.122. The lowest BCUT2D eigenvalue weighted by Crippen LogP contribution is -2.25. The van der Waals surface area contributed by atoms with Gasteiger partial charge < -0.3 is 10.4 Å². The Labute approximate surface area is 103 Å². The van der Waals surface area contributed by atoms with Crippen LogP contribution >= 0.6 is 0 Å². The summed E-state index contributed by atoms with van der Waals surface area (Å²) in [5.74, 6) is -1.81. The van der Waals surface area contributed by atoms with Crippen molar-refractivity contribution in [2.75, 3.05) is 0 Å². The number of hydrogen-bond acceptors (Lipinski definition) is 3. The quantitative estimate of drug-likeness (QED) is 0.834. The number of carbonyl (C=O) groups is 1. The van der Waals surface area contributed by atoms with E-state index in [-0.39, 0.29) is 24.6 Å². The van der Waals surface area contributed by atoms with Crippen molar-refractivity contribution in [3.05, 3.63) is 29.6 Å². The molecule has 6 heteroatoms. The third-order valence-corrected chi connectivity index (χ3v) is 2.98. The third-order valence-electron chi connectivity index (χ3n) is 2.98. The molecule has 1 amide bonds. The molecule has 0 spiro atoms. The van der Waals surface area contributed by atoms with Gasteiger partial charge >= 0.3 is 0 Å². The second-order valence-corrected chi connectivity index (χ2v) is 4.58. The van der Waals surface area contributed by atoms with Crippen LogP contribution in [0.1, 0.15) is 31.4 Å². The molecule has 2 N–H and O–H groups in total. The predicted octanol–water partition coefficient (Wildman–Crippen LogP) is 1.28. The van der Waals surface area contributed by atoms with E-state index in [1.165, 1.54) is 0 Å². The molecule has 1 saturated carbocycles. The third kappa shape index (κ3) is 3.46. The Morgan fingerprint density at radius 2 is 2.22 bits per heavy atom. The van der Waals surface area contributed by atoms with Gasteiger partial charge in [-0.15, -0.1) is 0 Å². The summed E-state index contributed by atoms with van der Waals surface area (Å²) in [6.45, 7) is -0.0800. The van der Waals surface area contributed by atoms with E-state index < -0.39 is 17.2 Å². The first-order valence-electron chi connectivity index (χ1n) is 5.77. The molecule has 1 aliphatic rings. The molecule has 98 valence electrons. The smallest absolute Gasteiger partial charge is 0.220 e. The predicted molar refractivity (Wildman–Crippen MR) is 59.4 cm³/mol. The average molecular weight is 256 g/mol. The number of aromatic nitrogens is 1. The van der Waals surface area contributed by atoms with Crippen LogP contribution in [-0.4, -0.2) is 21.6 Å².